The number of benzene rings is 2. The van der Waals surface area contributed by atoms with Crippen LogP contribution >= 0.6 is 0 Å². The number of halogens is 3. The van der Waals surface area contributed by atoms with Crippen LogP contribution in [0.15, 0.2) is 59.7 Å². The Labute approximate surface area is 246 Å². The summed E-state index contributed by atoms with van der Waals surface area (Å²) in [6, 6.07) is 12.3. The minimum absolute atomic E-state index is 0.0858. The maximum absolute atomic E-state index is 14.0. The third-order valence-electron chi connectivity index (χ3n) is 7.38. The summed E-state index contributed by atoms with van der Waals surface area (Å²) in [5, 5.41) is 3.40. The average Bonchev–Trinajstić information content (AvgIpc) is 3.41. The summed E-state index contributed by atoms with van der Waals surface area (Å²) in [5.74, 6) is -1.15. The topological polar surface area (TPSA) is 103 Å². The van der Waals surface area contributed by atoms with Gasteiger partial charge in [0.25, 0.3) is 5.91 Å². The minimum atomic E-state index is -4.59. The second kappa shape index (κ2) is 12.4. The van der Waals surface area contributed by atoms with E-state index >= 15 is 0 Å². The molecule has 0 radical (unpaired) electrons. The minimum Gasteiger partial charge on any atom is -0.464 e. The van der Waals surface area contributed by atoms with Crippen molar-refractivity contribution >= 4 is 40.5 Å². The second-order valence-electron chi connectivity index (χ2n) is 10.5. The summed E-state index contributed by atoms with van der Waals surface area (Å²) in [6.07, 6.45) is -1.40. The van der Waals surface area contributed by atoms with Gasteiger partial charge in [0.15, 0.2) is 0 Å². The van der Waals surface area contributed by atoms with E-state index in [1.807, 2.05) is 18.9 Å². The molecule has 5 rings (SSSR count). The highest BCUT2D eigenvalue weighted by molar-refractivity contribution is 6.04. The number of carbonyl (C=O) groups excluding carboxylic acids is 2. The van der Waals surface area contributed by atoms with Crippen molar-refractivity contribution < 1.29 is 27.5 Å². The lowest BCUT2D eigenvalue weighted by atomic mass is 10.0. The Bertz CT molecular complexity index is 1690. The first kappa shape index (κ1) is 29.9. The van der Waals surface area contributed by atoms with E-state index in [1.165, 1.54) is 19.2 Å². The lowest BCUT2D eigenvalue weighted by Crippen LogP contribution is -2.44. The number of likely N-dealkylation sites (N-methyl/N-ethyl adjacent to an activating group) is 1. The van der Waals surface area contributed by atoms with Gasteiger partial charge in [-0.3, -0.25) is 14.7 Å². The summed E-state index contributed by atoms with van der Waals surface area (Å²) in [6.45, 7) is 4.97. The van der Waals surface area contributed by atoms with Crippen LogP contribution in [0.25, 0.3) is 11.0 Å². The number of ether oxygens (including phenoxy) is 1. The Balaban J connectivity index is 1.32. The summed E-state index contributed by atoms with van der Waals surface area (Å²) < 4.78 is 46.7. The molecule has 0 atom stereocenters. The number of hydrogen-bond acceptors (Lipinski definition) is 7. The molecule has 1 fully saturated rings. The number of piperazine rings is 1. The number of nitrogens with zero attached hydrogens (tertiary/aromatic N) is 4. The number of anilines is 1. The lowest BCUT2D eigenvalue weighted by molar-refractivity contribution is -0.138. The molecular weight excluding hydrogens is 561 g/mol. The Morgan fingerprint density at radius 1 is 1.09 bits per heavy atom. The Hall–Kier alpha value is -4.55. The van der Waals surface area contributed by atoms with Gasteiger partial charge in [-0.05, 0) is 61.5 Å². The van der Waals surface area contributed by atoms with Crippen LogP contribution in [0, 0.1) is 6.92 Å². The smallest absolute Gasteiger partial charge is 0.416 e. The predicted molar refractivity (Wildman–Crippen MR) is 158 cm³/mol. The molecule has 1 amide bonds. The molecular formula is C31H31F3N6O3. The molecule has 0 aliphatic carbocycles. The number of fused-ring (bicyclic) bond motifs is 1. The summed E-state index contributed by atoms with van der Waals surface area (Å²) >= 11 is 0. The van der Waals surface area contributed by atoms with Crippen LogP contribution in [0.4, 0.5) is 24.5 Å². The van der Waals surface area contributed by atoms with Gasteiger partial charge < -0.3 is 19.9 Å². The number of aromatic nitrogens is 2. The molecule has 2 aromatic heterocycles. The molecule has 3 heterocycles. The number of aromatic amines is 1. The maximum atomic E-state index is 14.0. The highest BCUT2D eigenvalue weighted by Gasteiger charge is 2.34. The molecule has 4 aromatic rings. The van der Waals surface area contributed by atoms with Crippen LogP contribution in [0.1, 0.15) is 43.1 Å². The highest BCUT2D eigenvalue weighted by atomic mass is 19.4. The van der Waals surface area contributed by atoms with Gasteiger partial charge in [-0.2, -0.15) is 13.2 Å². The van der Waals surface area contributed by atoms with Crippen molar-refractivity contribution in [2.24, 2.45) is 4.99 Å². The lowest BCUT2D eigenvalue weighted by Gasteiger charge is -2.33. The number of pyridine rings is 1. The van der Waals surface area contributed by atoms with Gasteiger partial charge in [-0.15, -0.1) is 0 Å². The average molecular weight is 593 g/mol. The third-order valence-corrected chi connectivity index (χ3v) is 7.38. The van der Waals surface area contributed by atoms with Crippen LogP contribution in [-0.4, -0.2) is 78.2 Å². The van der Waals surface area contributed by atoms with E-state index in [4.69, 9.17) is 4.74 Å². The number of methoxy groups -OCH3 is 1. The maximum Gasteiger partial charge on any atom is 0.416 e. The van der Waals surface area contributed by atoms with Crippen LogP contribution in [0.2, 0.25) is 0 Å². The number of nitrogens with one attached hydrogen (secondary N) is 2. The van der Waals surface area contributed by atoms with E-state index in [-0.39, 0.29) is 23.4 Å². The molecule has 0 spiro atoms. The standard InChI is InChI=1S/C31H31F3N6O3/c1-19-4-7-24(15-26(19)35-16-20-12-23-14-27(30(42)43-3)38-28(23)36-17-20)37-29(41)21-5-6-22(25(13-21)31(32,33)34)18-40-10-8-39(2)9-11-40/h4-7,12-17H,8-11,18H2,1-3H3,(H,36,38)(H,37,41). The van der Waals surface area contributed by atoms with Crippen molar-refractivity contribution in [1.82, 2.24) is 19.8 Å². The van der Waals surface area contributed by atoms with Crippen molar-refractivity contribution in [2.75, 3.05) is 45.7 Å². The van der Waals surface area contributed by atoms with Crippen LogP contribution < -0.4 is 5.32 Å². The van der Waals surface area contributed by atoms with Gasteiger partial charge in [0.2, 0.25) is 0 Å². The Kier molecular flexibility index (Phi) is 8.60. The van der Waals surface area contributed by atoms with Crippen molar-refractivity contribution in [3.63, 3.8) is 0 Å². The molecule has 0 saturated carbocycles. The van der Waals surface area contributed by atoms with E-state index in [2.05, 4.69) is 25.2 Å². The van der Waals surface area contributed by atoms with Gasteiger partial charge in [-0.1, -0.05) is 12.1 Å². The summed E-state index contributed by atoms with van der Waals surface area (Å²) in [5.41, 5.74) is 2.51. The van der Waals surface area contributed by atoms with E-state index in [0.717, 1.165) is 24.7 Å². The number of alkyl halides is 3. The van der Waals surface area contributed by atoms with Crippen molar-refractivity contribution in [3.05, 3.63) is 88.2 Å². The zero-order valence-corrected chi connectivity index (χ0v) is 24.0. The number of hydrogen-bond donors (Lipinski definition) is 2. The second-order valence-corrected chi connectivity index (χ2v) is 10.5. The number of aryl methyl sites for hydroxylation is 1. The number of H-pyrrole nitrogens is 1. The van der Waals surface area contributed by atoms with Gasteiger partial charge >= 0.3 is 12.1 Å². The first-order valence-corrected chi connectivity index (χ1v) is 13.6. The molecule has 2 N–H and O–H groups in total. The van der Waals surface area contributed by atoms with Crippen LogP contribution in [0.5, 0.6) is 0 Å². The molecule has 43 heavy (non-hydrogen) atoms. The Morgan fingerprint density at radius 2 is 1.86 bits per heavy atom. The summed E-state index contributed by atoms with van der Waals surface area (Å²) in [7, 11) is 3.28. The van der Waals surface area contributed by atoms with Crippen molar-refractivity contribution in [1.29, 1.82) is 0 Å². The fourth-order valence-electron chi connectivity index (χ4n) is 4.86. The largest absolute Gasteiger partial charge is 0.464 e. The molecule has 0 bridgehead atoms. The third kappa shape index (κ3) is 7.09. The molecule has 1 aliphatic rings. The number of carbonyl (C=O) groups is 2. The first-order valence-electron chi connectivity index (χ1n) is 13.6. The fourth-order valence-corrected chi connectivity index (χ4v) is 4.86. The number of esters is 1. The fraction of sp³-hybridized carbons (Fsp3) is 0.290. The van der Waals surface area contributed by atoms with E-state index < -0.39 is 23.6 Å². The molecule has 224 valence electrons. The molecule has 0 unspecified atom stereocenters. The van der Waals surface area contributed by atoms with Crippen molar-refractivity contribution in [2.45, 2.75) is 19.6 Å². The Morgan fingerprint density at radius 3 is 2.58 bits per heavy atom. The van der Waals surface area contributed by atoms with Gasteiger partial charge in [0, 0.05) is 67.3 Å². The van der Waals surface area contributed by atoms with Gasteiger partial charge in [0.05, 0.1) is 18.4 Å². The first-order chi connectivity index (χ1) is 20.5. The molecule has 9 nitrogen and oxygen atoms in total. The van der Waals surface area contributed by atoms with Gasteiger partial charge in [0.1, 0.15) is 11.3 Å². The zero-order valence-electron chi connectivity index (χ0n) is 24.0. The summed E-state index contributed by atoms with van der Waals surface area (Å²) in [4.78, 5) is 40.7. The molecule has 2 aromatic carbocycles. The van der Waals surface area contributed by atoms with Crippen molar-refractivity contribution in [3.8, 4) is 0 Å². The normalized spacial score (nSPS) is 14.8. The number of rotatable bonds is 7. The van der Waals surface area contributed by atoms with E-state index in [0.29, 0.717) is 41.1 Å². The van der Waals surface area contributed by atoms with Crippen LogP contribution in [-0.2, 0) is 17.5 Å². The highest BCUT2D eigenvalue weighted by Crippen LogP contribution is 2.34. The van der Waals surface area contributed by atoms with Crippen LogP contribution in [0.3, 0.4) is 0 Å². The van der Waals surface area contributed by atoms with E-state index in [1.54, 1.807) is 42.7 Å². The number of amides is 1. The monoisotopic (exact) mass is 592 g/mol. The zero-order chi connectivity index (χ0) is 30.7. The molecule has 1 saturated heterocycles. The van der Waals surface area contributed by atoms with Gasteiger partial charge in [-0.25, -0.2) is 9.78 Å². The molecule has 12 heteroatoms. The van der Waals surface area contributed by atoms with E-state index in [9.17, 15) is 22.8 Å². The quantitative estimate of drug-likeness (QED) is 0.219. The predicted octanol–water partition coefficient (Wildman–Crippen LogP) is 5.43. The number of aliphatic imine (C=N–C) groups is 1. The molecule has 1 aliphatic heterocycles. The SMILES string of the molecule is COC(=O)c1cc2cc(C=Nc3cc(NC(=O)c4ccc(CN5CCN(C)CC5)c(C(F)(F)F)c4)ccc3C)cnc2[nH]1.